The van der Waals surface area contributed by atoms with Crippen molar-refractivity contribution in [3.63, 3.8) is 0 Å². The van der Waals surface area contributed by atoms with Gasteiger partial charge >= 0.3 is 5.69 Å². The molecule has 0 aliphatic carbocycles. The molecule has 0 fully saturated rings. The number of nitrogens with zero attached hydrogens (tertiary/aromatic N) is 2. The molecule has 0 amide bonds. The van der Waals surface area contributed by atoms with Crippen molar-refractivity contribution in [2.75, 3.05) is 0 Å². The number of hydrogen-bond donors (Lipinski definition) is 1. The molecule has 0 aliphatic heterocycles. The molecule has 2 N–H and O–H groups in total. The standard InChI is InChI=1S/C13H12FN3O3/c1-8(15)9-4-5-16-13(6-9)20-10-2-3-12(17(18)19)11(14)7-10/h2-8H,15H2,1H3. The molecule has 0 aliphatic rings. The first kappa shape index (κ1) is 13.9. The summed E-state index contributed by atoms with van der Waals surface area (Å²) in [6.07, 6.45) is 1.52. The number of nitro benzene ring substituents is 1. The molecule has 104 valence electrons. The summed E-state index contributed by atoms with van der Waals surface area (Å²) in [5, 5.41) is 10.5. The highest BCUT2D eigenvalue weighted by molar-refractivity contribution is 5.39. The monoisotopic (exact) mass is 277 g/mol. The maximum Gasteiger partial charge on any atom is 0.305 e. The van der Waals surface area contributed by atoms with E-state index in [1.54, 1.807) is 12.1 Å². The van der Waals surface area contributed by atoms with Crippen LogP contribution in [0.1, 0.15) is 18.5 Å². The molecule has 6 nitrogen and oxygen atoms in total. The van der Waals surface area contributed by atoms with Crippen LogP contribution in [0.3, 0.4) is 0 Å². The Morgan fingerprint density at radius 1 is 1.40 bits per heavy atom. The molecule has 0 saturated carbocycles. The predicted molar refractivity (Wildman–Crippen MR) is 70.0 cm³/mol. The van der Waals surface area contributed by atoms with E-state index in [0.717, 1.165) is 17.7 Å². The molecule has 0 bridgehead atoms. The topological polar surface area (TPSA) is 91.3 Å². The third-order valence-corrected chi connectivity index (χ3v) is 2.62. The Morgan fingerprint density at radius 2 is 2.15 bits per heavy atom. The highest BCUT2D eigenvalue weighted by atomic mass is 19.1. The first-order valence-corrected chi connectivity index (χ1v) is 5.80. The van der Waals surface area contributed by atoms with Gasteiger partial charge in [0.1, 0.15) is 5.75 Å². The third kappa shape index (κ3) is 3.07. The molecule has 1 heterocycles. The number of hydrogen-bond acceptors (Lipinski definition) is 5. The highest BCUT2D eigenvalue weighted by Gasteiger charge is 2.14. The van der Waals surface area contributed by atoms with Crippen molar-refractivity contribution in [2.24, 2.45) is 5.73 Å². The number of ether oxygens (including phenoxy) is 1. The van der Waals surface area contributed by atoms with Crippen LogP contribution >= 0.6 is 0 Å². The molecule has 1 atom stereocenters. The van der Waals surface area contributed by atoms with Crippen molar-refractivity contribution in [3.05, 3.63) is 58.0 Å². The van der Waals surface area contributed by atoms with Gasteiger partial charge in [-0.2, -0.15) is 4.39 Å². The minimum atomic E-state index is -0.962. The first-order chi connectivity index (χ1) is 9.47. The zero-order chi connectivity index (χ0) is 14.7. The molecular weight excluding hydrogens is 265 g/mol. The van der Waals surface area contributed by atoms with Gasteiger partial charge in [-0.05, 0) is 24.6 Å². The Hall–Kier alpha value is -2.54. The average Bonchev–Trinajstić information content (AvgIpc) is 2.38. The Balaban J connectivity index is 2.24. The van der Waals surface area contributed by atoms with Crippen molar-refractivity contribution in [3.8, 4) is 11.6 Å². The maximum atomic E-state index is 13.4. The van der Waals surface area contributed by atoms with E-state index in [0.29, 0.717) is 0 Å². The van der Waals surface area contributed by atoms with Crippen molar-refractivity contribution in [2.45, 2.75) is 13.0 Å². The molecule has 20 heavy (non-hydrogen) atoms. The van der Waals surface area contributed by atoms with Crippen LogP contribution in [-0.2, 0) is 0 Å². The van der Waals surface area contributed by atoms with Crippen molar-refractivity contribution < 1.29 is 14.1 Å². The van der Waals surface area contributed by atoms with Crippen LogP contribution in [0.2, 0.25) is 0 Å². The largest absolute Gasteiger partial charge is 0.439 e. The molecule has 2 aromatic rings. The van der Waals surface area contributed by atoms with E-state index in [4.69, 9.17) is 10.5 Å². The van der Waals surface area contributed by atoms with Crippen LogP contribution in [-0.4, -0.2) is 9.91 Å². The van der Waals surface area contributed by atoms with E-state index >= 15 is 0 Å². The van der Waals surface area contributed by atoms with Gasteiger partial charge in [0, 0.05) is 30.4 Å². The normalized spacial score (nSPS) is 11.9. The van der Waals surface area contributed by atoms with E-state index in [9.17, 15) is 14.5 Å². The fourth-order valence-electron chi connectivity index (χ4n) is 1.58. The summed E-state index contributed by atoms with van der Waals surface area (Å²) in [6, 6.07) is 6.48. The zero-order valence-corrected chi connectivity index (χ0v) is 10.6. The van der Waals surface area contributed by atoms with Gasteiger partial charge in [-0.1, -0.05) is 0 Å². The van der Waals surface area contributed by atoms with Crippen LogP contribution in [0.15, 0.2) is 36.5 Å². The summed E-state index contributed by atoms with van der Waals surface area (Å²) in [5.74, 6) is -0.591. The van der Waals surface area contributed by atoms with E-state index in [2.05, 4.69) is 4.98 Å². The van der Waals surface area contributed by atoms with Crippen molar-refractivity contribution >= 4 is 5.69 Å². The molecule has 1 aromatic heterocycles. The van der Waals surface area contributed by atoms with Gasteiger partial charge in [-0.25, -0.2) is 4.98 Å². The van der Waals surface area contributed by atoms with Crippen LogP contribution in [0.4, 0.5) is 10.1 Å². The number of benzene rings is 1. The lowest BCUT2D eigenvalue weighted by atomic mass is 10.1. The van der Waals surface area contributed by atoms with Crippen molar-refractivity contribution in [1.82, 2.24) is 4.98 Å². The van der Waals surface area contributed by atoms with E-state index in [1.807, 2.05) is 6.92 Å². The molecule has 7 heteroatoms. The van der Waals surface area contributed by atoms with Crippen LogP contribution < -0.4 is 10.5 Å². The van der Waals surface area contributed by atoms with E-state index < -0.39 is 16.4 Å². The summed E-state index contributed by atoms with van der Waals surface area (Å²) < 4.78 is 18.8. The van der Waals surface area contributed by atoms with Gasteiger partial charge in [-0.3, -0.25) is 10.1 Å². The molecule has 1 unspecified atom stereocenters. The highest BCUT2D eigenvalue weighted by Crippen LogP contribution is 2.26. The van der Waals surface area contributed by atoms with Gasteiger partial charge < -0.3 is 10.5 Å². The molecule has 2 rings (SSSR count). The molecule has 1 aromatic carbocycles. The summed E-state index contributed by atoms with van der Waals surface area (Å²) >= 11 is 0. The predicted octanol–water partition coefficient (Wildman–Crippen LogP) is 2.94. The summed E-state index contributed by atoms with van der Waals surface area (Å²) in [4.78, 5) is 13.7. The minimum Gasteiger partial charge on any atom is -0.439 e. The van der Waals surface area contributed by atoms with E-state index in [-0.39, 0.29) is 17.7 Å². The second-order valence-electron chi connectivity index (χ2n) is 4.19. The Morgan fingerprint density at radius 3 is 2.75 bits per heavy atom. The molecule has 0 radical (unpaired) electrons. The SMILES string of the molecule is CC(N)c1ccnc(Oc2ccc([N+](=O)[O-])c(F)c2)c1. The quantitative estimate of drug-likeness (QED) is 0.685. The van der Waals surface area contributed by atoms with Crippen LogP contribution in [0.5, 0.6) is 11.6 Å². The number of pyridine rings is 1. The minimum absolute atomic E-state index is 0.127. The van der Waals surface area contributed by atoms with Crippen LogP contribution in [0, 0.1) is 15.9 Å². The molecule has 0 spiro atoms. The Kier molecular flexibility index (Phi) is 3.90. The van der Waals surface area contributed by atoms with E-state index in [1.165, 1.54) is 12.3 Å². The number of aromatic nitrogens is 1. The van der Waals surface area contributed by atoms with Crippen molar-refractivity contribution in [1.29, 1.82) is 0 Å². The Labute approximate surface area is 114 Å². The number of nitro groups is 1. The first-order valence-electron chi connectivity index (χ1n) is 5.80. The van der Waals surface area contributed by atoms with Gasteiger partial charge in [0.05, 0.1) is 4.92 Å². The zero-order valence-electron chi connectivity index (χ0n) is 10.6. The number of nitrogens with two attached hydrogens (primary N) is 1. The van der Waals surface area contributed by atoms with Gasteiger partial charge in [0.2, 0.25) is 11.7 Å². The average molecular weight is 277 g/mol. The van der Waals surface area contributed by atoms with Gasteiger partial charge in [-0.15, -0.1) is 0 Å². The lowest BCUT2D eigenvalue weighted by molar-refractivity contribution is -0.387. The van der Waals surface area contributed by atoms with Gasteiger partial charge in [0.25, 0.3) is 0 Å². The van der Waals surface area contributed by atoms with Gasteiger partial charge in [0.15, 0.2) is 0 Å². The summed E-state index contributed by atoms with van der Waals surface area (Å²) in [5.41, 5.74) is 5.95. The Bertz CT molecular complexity index is 647. The fraction of sp³-hybridized carbons (Fsp3) is 0.154. The second kappa shape index (κ2) is 5.62. The molecule has 0 saturated heterocycles. The fourth-order valence-corrected chi connectivity index (χ4v) is 1.58. The summed E-state index contributed by atoms with van der Waals surface area (Å²) in [6.45, 7) is 1.81. The maximum absolute atomic E-state index is 13.4. The lowest BCUT2D eigenvalue weighted by Gasteiger charge is -2.08. The second-order valence-corrected chi connectivity index (χ2v) is 4.19. The summed E-state index contributed by atoms with van der Waals surface area (Å²) in [7, 11) is 0. The van der Waals surface area contributed by atoms with Crippen LogP contribution in [0.25, 0.3) is 0 Å². The lowest BCUT2D eigenvalue weighted by Crippen LogP contribution is -2.05. The number of halogens is 1. The third-order valence-electron chi connectivity index (χ3n) is 2.62. The number of rotatable bonds is 4. The molecular formula is C13H12FN3O3. The smallest absolute Gasteiger partial charge is 0.305 e.